The van der Waals surface area contributed by atoms with Gasteiger partial charge in [0.25, 0.3) is 0 Å². The molecule has 0 amide bonds. The van der Waals surface area contributed by atoms with Crippen LogP contribution in [0.5, 0.6) is 5.75 Å². The van der Waals surface area contributed by atoms with Crippen LogP contribution in [0.3, 0.4) is 0 Å². The van der Waals surface area contributed by atoms with Gasteiger partial charge >= 0.3 is 0 Å². The van der Waals surface area contributed by atoms with Gasteiger partial charge in [-0.15, -0.1) is 0 Å². The van der Waals surface area contributed by atoms with E-state index in [1.165, 1.54) is 7.11 Å². The third kappa shape index (κ3) is 5.45. The summed E-state index contributed by atoms with van der Waals surface area (Å²) < 4.78 is 34.4. The van der Waals surface area contributed by atoms with Crippen molar-refractivity contribution in [2.24, 2.45) is 0 Å². The van der Waals surface area contributed by atoms with Crippen molar-refractivity contribution in [2.75, 3.05) is 23.0 Å². The minimum absolute atomic E-state index is 0.237. The van der Waals surface area contributed by atoms with Gasteiger partial charge in [0.2, 0.25) is 10.0 Å². The highest BCUT2D eigenvalue weighted by atomic mass is 32.2. The number of nitrogens with zero attached hydrogens (tertiary/aromatic N) is 4. The van der Waals surface area contributed by atoms with Crippen molar-refractivity contribution in [3.05, 3.63) is 101 Å². The van der Waals surface area contributed by atoms with E-state index < -0.39 is 10.0 Å². The summed E-state index contributed by atoms with van der Waals surface area (Å²) in [6.45, 7) is 4.89. The monoisotopic (exact) mass is 562 g/mol. The summed E-state index contributed by atoms with van der Waals surface area (Å²) in [6, 6.07) is 16.9. The van der Waals surface area contributed by atoms with E-state index in [2.05, 4.69) is 50.6 Å². The highest BCUT2D eigenvalue weighted by Gasteiger charge is 2.42. The van der Waals surface area contributed by atoms with Gasteiger partial charge in [0, 0.05) is 42.2 Å². The van der Waals surface area contributed by atoms with E-state index >= 15 is 0 Å². The average Bonchev–Trinajstić information content (AvgIpc) is 3.39. The first-order valence-corrected chi connectivity index (χ1v) is 14.7. The molecule has 39 heavy (non-hydrogen) atoms. The second kappa shape index (κ2) is 10.7. The molecule has 1 aliphatic rings. The molecule has 0 aliphatic carbocycles. The Hall–Kier alpha value is -3.96. The predicted octanol–water partition coefficient (Wildman–Crippen LogP) is 4.50. The lowest BCUT2D eigenvalue weighted by molar-refractivity contribution is 0.417. The van der Waals surface area contributed by atoms with E-state index in [9.17, 15) is 8.42 Å². The molecular formula is C28H30N6O3S2. The van der Waals surface area contributed by atoms with Crippen molar-refractivity contribution in [1.82, 2.24) is 19.9 Å². The van der Waals surface area contributed by atoms with Crippen molar-refractivity contribution < 1.29 is 13.2 Å². The number of pyridine rings is 2. The molecule has 1 aromatic carbocycles. The van der Waals surface area contributed by atoms with Gasteiger partial charge in [-0.05, 0) is 79.7 Å². The van der Waals surface area contributed by atoms with Gasteiger partial charge in [-0.3, -0.25) is 14.7 Å². The first-order chi connectivity index (χ1) is 18.7. The van der Waals surface area contributed by atoms with Gasteiger partial charge in [-0.2, -0.15) is 0 Å². The highest BCUT2D eigenvalue weighted by molar-refractivity contribution is 7.92. The van der Waals surface area contributed by atoms with Crippen LogP contribution >= 0.6 is 12.2 Å². The zero-order valence-electron chi connectivity index (χ0n) is 22.1. The number of thiocarbonyl (C=S) groups is 1. The predicted molar refractivity (Wildman–Crippen MR) is 157 cm³/mol. The molecule has 3 aromatic heterocycles. The van der Waals surface area contributed by atoms with E-state index in [-0.39, 0.29) is 12.1 Å². The van der Waals surface area contributed by atoms with Crippen LogP contribution in [0.1, 0.15) is 40.3 Å². The van der Waals surface area contributed by atoms with Crippen LogP contribution in [-0.4, -0.2) is 41.4 Å². The van der Waals surface area contributed by atoms with Crippen LogP contribution in [0.4, 0.5) is 11.4 Å². The van der Waals surface area contributed by atoms with Crippen molar-refractivity contribution >= 4 is 38.7 Å². The lowest BCUT2D eigenvalue weighted by Crippen LogP contribution is -2.29. The summed E-state index contributed by atoms with van der Waals surface area (Å²) in [7, 11) is -2.04. The Bertz CT molecular complexity index is 1610. The minimum atomic E-state index is -3.54. The second-order valence-electron chi connectivity index (χ2n) is 9.53. The molecule has 0 spiro atoms. The summed E-state index contributed by atoms with van der Waals surface area (Å²) in [5, 5.41) is 3.99. The van der Waals surface area contributed by atoms with Gasteiger partial charge in [0.1, 0.15) is 5.75 Å². The molecule has 1 saturated heterocycles. The quantitative estimate of drug-likeness (QED) is 0.303. The lowest BCUT2D eigenvalue weighted by atomic mass is 9.96. The van der Waals surface area contributed by atoms with Gasteiger partial charge in [-0.1, -0.05) is 12.1 Å². The summed E-state index contributed by atoms with van der Waals surface area (Å²) in [6.07, 6.45) is 6.53. The normalized spacial score (nSPS) is 17.2. The van der Waals surface area contributed by atoms with Crippen molar-refractivity contribution in [2.45, 2.75) is 32.5 Å². The van der Waals surface area contributed by atoms with Gasteiger partial charge in [-0.25, -0.2) is 8.42 Å². The molecular weight excluding hydrogens is 532 g/mol. The molecule has 1 fully saturated rings. The Morgan fingerprint density at radius 2 is 1.92 bits per heavy atom. The molecule has 0 unspecified atom stereocenters. The number of benzene rings is 1. The van der Waals surface area contributed by atoms with Gasteiger partial charge in [0.05, 0.1) is 36.8 Å². The zero-order chi connectivity index (χ0) is 27.7. The van der Waals surface area contributed by atoms with E-state index in [1.54, 1.807) is 24.5 Å². The molecule has 0 saturated carbocycles. The molecule has 5 rings (SSSR count). The lowest BCUT2D eigenvalue weighted by Gasteiger charge is -2.29. The molecule has 4 heterocycles. The van der Waals surface area contributed by atoms with Crippen molar-refractivity contribution in [3.63, 3.8) is 0 Å². The number of nitrogens with one attached hydrogen (secondary N) is 2. The fraction of sp³-hybridized carbons (Fsp3) is 0.250. The summed E-state index contributed by atoms with van der Waals surface area (Å²) in [4.78, 5) is 10.9. The van der Waals surface area contributed by atoms with E-state index in [0.717, 1.165) is 40.2 Å². The number of sulfonamides is 1. The first-order valence-electron chi connectivity index (χ1n) is 12.4. The van der Waals surface area contributed by atoms with E-state index in [1.807, 2.05) is 41.4 Å². The van der Waals surface area contributed by atoms with Crippen LogP contribution in [0.15, 0.2) is 73.2 Å². The molecule has 0 bridgehead atoms. The topological polar surface area (TPSA) is 101 Å². The molecule has 1 aliphatic heterocycles. The average molecular weight is 563 g/mol. The Labute approximate surface area is 233 Å². The number of rotatable bonds is 8. The zero-order valence-corrected chi connectivity index (χ0v) is 23.8. The van der Waals surface area contributed by atoms with Crippen LogP contribution in [0, 0.1) is 13.8 Å². The maximum atomic E-state index is 12.1. The third-order valence-corrected chi connectivity index (χ3v) is 7.75. The standard InChI is InChI=1S/C28H30N6O3S2/c1-18-14-22(19(2)33(18)17-20-8-7-12-29-16-20)27-26(23-9-5-6-13-30-23)31-28(38)34(27)21-10-11-25(37-3)24(15-21)32-39(4,35)36/h5-16,26-27,32H,17H2,1-4H3,(H,31,38)/t26-,27-/m1/s1. The summed E-state index contributed by atoms with van der Waals surface area (Å²) in [5.74, 6) is 0.412. The number of hydrogen-bond donors (Lipinski definition) is 2. The molecule has 9 nitrogen and oxygen atoms in total. The number of methoxy groups -OCH3 is 1. The summed E-state index contributed by atoms with van der Waals surface area (Å²) in [5.41, 5.74) is 6.32. The minimum Gasteiger partial charge on any atom is -0.495 e. The van der Waals surface area contributed by atoms with E-state index in [0.29, 0.717) is 23.1 Å². The maximum Gasteiger partial charge on any atom is 0.229 e. The molecule has 202 valence electrons. The number of ether oxygens (including phenoxy) is 1. The van der Waals surface area contributed by atoms with Crippen molar-refractivity contribution in [3.8, 4) is 5.75 Å². The third-order valence-electron chi connectivity index (χ3n) is 6.85. The Morgan fingerprint density at radius 3 is 2.59 bits per heavy atom. The van der Waals surface area contributed by atoms with Gasteiger partial charge in [0.15, 0.2) is 5.11 Å². The van der Waals surface area contributed by atoms with Crippen molar-refractivity contribution in [1.29, 1.82) is 0 Å². The molecule has 0 radical (unpaired) electrons. The Kier molecular flexibility index (Phi) is 7.28. The second-order valence-corrected chi connectivity index (χ2v) is 11.7. The molecule has 2 atom stereocenters. The first kappa shape index (κ1) is 26.6. The number of hydrogen-bond acceptors (Lipinski definition) is 6. The highest BCUT2D eigenvalue weighted by Crippen LogP contribution is 2.44. The Balaban J connectivity index is 1.64. The van der Waals surface area contributed by atoms with Crippen LogP contribution in [-0.2, 0) is 16.6 Å². The van der Waals surface area contributed by atoms with Crippen LogP contribution in [0.25, 0.3) is 0 Å². The SMILES string of the molecule is COc1ccc(N2C(=S)N[C@H](c3ccccn3)[C@H]2c2cc(C)n(Cc3cccnc3)c2C)cc1NS(C)(=O)=O. The molecule has 4 aromatic rings. The van der Waals surface area contributed by atoms with Crippen LogP contribution in [0.2, 0.25) is 0 Å². The number of anilines is 2. The fourth-order valence-corrected chi connectivity index (χ4v) is 6.02. The largest absolute Gasteiger partial charge is 0.495 e. The fourth-order valence-electron chi connectivity index (χ4n) is 5.12. The number of aromatic nitrogens is 3. The number of aryl methyl sites for hydroxylation is 1. The molecule has 2 N–H and O–H groups in total. The smallest absolute Gasteiger partial charge is 0.229 e. The van der Waals surface area contributed by atoms with E-state index in [4.69, 9.17) is 17.0 Å². The summed E-state index contributed by atoms with van der Waals surface area (Å²) >= 11 is 5.88. The van der Waals surface area contributed by atoms with Gasteiger partial charge < -0.3 is 19.5 Å². The maximum absolute atomic E-state index is 12.1. The van der Waals surface area contributed by atoms with Crippen LogP contribution < -0.4 is 19.7 Å². The Morgan fingerprint density at radius 1 is 1.10 bits per heavy atom. The molecule has 11 heteroatoms.